The summed E-state index contributed by atoms with van der Waals surface area (Å²) in [6, 6.07) is 12.7. The van der Waals surface area contributed by atoms with E-state index in [4.69, 9.17) is 12.2 Å². The molecule has 8 heteroatoms. The second kappa shape index (κ2) is 9.44. The third-order valence-electron chi connectivity index (χ3n) is 3.52. The number of thiocarbonyl (C=S) groups is 1. The predicted molar refractivity (Wildman–Crippen MR) is 106 cm³/mol. The quantitative estimate of drug-likeness (QED) is 0.540. The van der Waals surface area contributed by atoms with Crippen molar-refractivity contribution in [3.63, 3.8) is 0 Å². The maximum atomic E-state index is 12.2. The van der Waals surface area contributed by atoms with Crippen LogP contribution in [0.5, 0.6) is 0 Å². The fraction of sp³-hybridized carbons (Fsp3) is 0.158. The van der Waals surface area contributed by atoms with Crippen LogP contribution in [0.25, 0.3) is 0 Å². The standard InChI is InChI=1S/C19H19N3O4S/c1-3-20-16(23)14-5-4-6-15(11-14)21-19(27)22-17(24)12-7-9-13(10-8-12)18(25)26-2/h4-11H,3H2,1-2H3,(H,20,23)(H2,21,22,24,27). The van der Waals surface area contributed by atoms with E-state index in [1.807, 2.05) is 6.92 Å². The number of hydrogen-bond donors (Lipinski definition) is 3. The molecule has 27 heavy (non-hydrogen) atoms. The summed E-state index contributed by atoms with van der Waals surface area (Å²) in [6.07, 6.45) is 0. The topological polar surface area (TPSA) is 96.5 Å². The van der Waals surface area contributed by atoms with Gasteiger partial charge >= 0.3 is 5.97 Å². The minimum atomic E-state index is -0.480. The highest BCUT2D eigenvalue weighted by Gasteiger charge is 2.11. The van der Waals surface area contributed by atoms with E-state index in [1.54, 1.807) is 24.3 Å². The number of methoxy groups -OCH3 is 1. The van der Waals surface area contributed by atoms with Crippen molar-refractivity contribution in [2.45, 2.75) is 6.92 Å². The molecule has 0 atom stereocenters. The number of carbonyl (C=O) groups excluding carboxylic acids is 3. The SMILES string of the molecule is CCNC(=O)c1cccc(NC(=S)NC(=O)c2ccc(C(=O)OC)cc2)c1. The lowest BCUT2D eigenvalue weighted by Crippen LogP contribution is -2.34. The van der Waals surface area contributed by atoms with Gasteiger partial charge in [-0.2, -0.15) is 0 Å². The molecule has 0 aliphatic carbocycles. The van der Waals surface area contributed by atoms with Crippen molar-refractivity contribution >= 4 is 40.8 Å². The molecular weight excluding hydrogens is 366 g/mol. The van der Waals surface area contributed by atoms with Crippen molar-refractivity contribution in [1.82, 2.24) is 10.6 Å². The molecule has 0 aliphatic rings. The van der Waals surface area contributed by atoms with Gasteiger partial charge in [0.15, 0.2) is 5.11 Å². The lowest BCUT2D eigenvalue weighted by molar-refractivity contribution is 0.0600. The number of benzene rings is 2. The normalized spacial score (nSPS) is 9.85. The smallest absolute Gasteiger partial charge is 0.337 e. The molecule has 0 unspecified atom stereocenters. The van der Waals surface area contributed by atoms with Gasteiger partial charge in [0.25, 0.3) is 11.8 Å². The fourth-order valence-electron chi connectivity index (χ4n) is 2.21. The molecule has 0 spiro atoms. The Bertz CT molecular complexity index is 866. The lowest BCUT2D eigenvalue weighted by atomic mass is 10.1. The molecule has 0 aromatic heterocycles. The van der Waals surface area contributed by atoms with Gasteiger partial charge in [0.2, 0.25) is 0 Å². The summed E-state index contributed by atoms with van der Waals surface area (Å²) in [5.74, 6) is -1.10. The first-order valence-electron chi connectivity index (χ1n) is 8.13. The highest BCUT2D eigenvalue weighted by atomic mass is 32.1. The Morgan fingerprint density at radius 1 is 0.963 bits per heavy atom. The van der Waals surface area contributed by atoms with Gasteiger partial charge in [0.05, 0.1) is 12.7 Å². The molecule has 2 aromatic carbocycles. The molecule has 0 heterocycles. The zero-order valence-electron chi connectivity index (χ0n) is 14.9. The molecular formula is C19H19N3O4S. The minimum Gasteiger partial charge on any atom is -0.465 e. The number of carbonyl (C=O) groups is 3. The summed E-state index contributed by atoms with van der Waals surface area (Å²) >= 11 is 5.14. The van der Waals surface area contributed by atoms with E-state index in [-0.39, 0.29) is 11.0 Å². The number of rotatable bonds is 5. The number of hydrogen-bond acceptors (Lipinski definition) is 5. The van der Waals surface area contributed by atoms with Crippen LogP contribution in [0.3, 0.4) is 0 Å². The second-order valence-electron chi connectivity index (χ2n) is 5.42. The van der Waals surface area contributed by atoms with Crippen LogP contribution in [-0.4, -0.2) is 36.6 Å². The van der Waals surface area contributed by atoms with Gasteiger partial charge in [-0.15, -0.1) is 0 Å². The van der Waals surface area contributed by atoms with Crippen molar-refractivity contribution in [3.8, 4) is 0 Å². The van der Waals surface area contributed by atoms with E-state index in [0.717, 1.165) is 0 Å². The van der Waals surface area contributed by atoms with Crippen molar-refractivity contribution in [2.75, 3.05) is 19.0 Å². The molecule has 0 saturated carbocycles. The molecule has 0 aliphatic heterocycles. The van der Waals surface area contributed by atoms with Crippen LogP contribution in [0.2, 0.25) is 0 Å². The van der Waals surface area contributed by atoms with Gasteiger partial charge in [0.1, 0.15) is 0 Å². The number of anilines is 1. The van der Waals surface area contributed by atoms with Crippen LogP contribution in [0.1, 0.15) is 38.0 Å². The third kappa shape index (κ3) is 5.61. The van der Waals surface area contributed by atoms with E-state index in [1.165, 1.54) is 31.4 Å². The molecule has 0 fully saturated rings. The minimum absolute atomic E-state index is 0.0881. The molecule has 3 N–H and O–H groups in total. The van der Waals surface area contributed by atoms with E-state index in [0.29, 0.717) is 28.9 Å². The molecule has 2 amide bonds. The maximum Gasteiger partial charge on any atom is 0.337 e. The zero-order chi connectivity index (χ0) is 19.8. The van der Waals surface area contributed by atoms with Gasteiger partial charge in [-0.05, 0) is 61.6 Å². The van der Waals surface area contributed by atoms with E-state index < -0.39 is 11.9 Å². The Kier molecular flexibility index (Phi) is 7.01. The molecule has 2 rings (SSSR count). The van der Waals surface area contributed by atoms with Crippen LogP contribution >= 0.6 is 12.2 Å². The molecule has 2 aromatic rings. The van der Waals surface area contributed by atoms with Crippen molar-refractivity contribution in [3.05, 3.63) is 65.2 Å². The van der Waals surface area contributed by atoms with Gasteiger partial charge < -0.3 is 15.4 Å². The van der Waals surface area contributed by atoms with Crippen LogP contribution in [0.15, 0.2) is 48.5 Å². The summed E-state index contributed by atoms with van der Waals surface area (Å²) in [4.78, 5) is 35.5. The average Bonchev–Trinajstić information content (AvgIpc) is 2.67. The van der Waals surface area contributed by atoms with E-state index in [2.05, 4.69) is 20.7 Å². The zero-order valence-corrected chi connectivity index (χ0v) is 15.7. The Morgan fingerprint density at radius 3 is 2.26 bits per heavy atom. The van der Waals surface area contributed by atoms with Crippen molar-refractivity contribution in [2.24, 2.45) is 0 Å². The number of esters is 1. The first-order valence-corrected chi connectivity index (χ1v) is 8.54. The first-order chi connectivity index (χ1) is 12.9. The summed E-state index contributed by atoms with van der Waals surface area (Å²) in [5, 5.41) is 8.21. The Hall–Kier alpha value is -3.26. The monoisotopic (exact) mass is 385 g/mol. The third-order valence-corrected chi connectivity index (χ3v) is 3.72. The fourth-order valence-corrected chi connectivity index (χ4v) is 2.42. The second-order valence-corrected chi connectivity index (χ2v) is 5.83. The number of ether oxygens (including phenoxy) is 1. The number of nitrogens with one attached hydrogen (secondary N) is 3. The molecule has 0 saturated heterocycles. The lowest BCUT2D eigenvalue weighted by Gasteiger charge is -2.11. The Balaban J connectivity index is 1.99. The van der Waals surface area contributed by atoms with Gasteiger partial charge in [0, 0.05) is 23.4 Å². The first kappa shape index (κ1) is 20.1. The predicted octanol–water partition coefficient (Wildman–Crippen LogP) is 2.35. The summed E-state index contributed by atoms with van der Waals surface area (Å²) in [6.45, 7) is 2.36. The van der Waals surface area contributed by atoms with Gasteiger partial charge in [-0.3, -0.25) is 14.9 Å². The van der Waals surface area contributed by atoms with Gasteiger partial charge in [-0.1, -0.05) is 6.07 Å². The Labute approximate surface area is 162 Å². The van der Waals surface area contributed by atoms with Crippen LogP contribution < -0.4 is 16.0 Å². The average molecular weight is 385 g/mol. The number of amides is 2. The summed E-state index contributed by atoms with van der Waals surface area (Å²) in [5.41, 5.74) is 1.74. The van der Waals surface area contributed by atoms with Gasteiger partial charge in [-0.25, -0.2) is 4.79 Å². The molecule has 0 bridgehead atoms. The maximum absolute atomic E-state index is 12.2. The van der Waals surface area contributed by atoms with Crippen molar-refractivity contribution in [1.29, 1.82) is 0 Å². The van der Waals surface area contributed by atoms with Crippen LogP contribution in [-0.2, 0) is 4.74 Å². The van der Waals surface area contributed by atoms with E-state index >= 15 is 0 Å². The van der Waals surface area contributed by atoms with Crippen molar-refractivity contribution < 1.29 is 19.1 Å². The highest BCUT2D eigenvalue weighted by molar-refractivity contribution is 7.80. The highest BCUT2D eigenvalue weighted by Crippen LogP contribution is 2.11. The molecule has 7 nitrogen and oxygen atoms in total. The summed E-state index contributed by atoms with van der Waals surface area (Å²) < 4.78 is 4.61. The molecule has 0 radical (unpaired) electrons. The van der Waals surface area contributed by atoms with Crippen LogP contribution in [0, 0.1) is 0 Å². The van der Waals surface area contributed by atoms with Crippen LogP contribution in [0.4, 0.5) is 5.69 Å². The Morgan fingerprint density at radius 2 is 1.63 bits per heavy atom. The van der Waals surface area contributed by atoms with E-state index in [9.17, 15) is 14.4 Å². The molecule has 140 valence electrons. The summed E-state index contributed by atoms with van der Waals surface area (Å²) in [7, 11) is 1.29. The largest absolute Gasteiger partial charge is 0.465 e.